The first-order valence-corrected chi connectivity index (χ1v) is 13.6. The van der Waals surface area contributed by atoms with Gasteiger partial charge in [0.05, 0.1) is 18.1 Å². The molecule has 0 amide bonds. The first-order chi connectivity index (χ1) is 17.0. The van der Waals surface area contributed by atoms with E-state index in [1.807, 2.05) is 83.9 Å². The lowest BCUT2D eigenvalue weighted by molar-refractivity contribution is -0.172. The number of nitrogens with zero attached hydrogens (tertiary/aromatic N) is 1. The Morgan fingerprint density at radius 1 is 0.857 bits per heavy atom. The number of Topliss-reactive ketones (excluding diaryl/α,β-unsaturated/α-hetero) is 1. The number of hydrogen-bond acceptors (Lipinski definition) is 6. The third kappa shape index (κ3) is 6.35. The van der Waals surface area contributed by atoms with Crippen molar-refractivity contribution in [2.24, 2.45) is 5.92 Å². The second-order valence-corrected chi connectivity index (χ2v) is 11.0. The van der Waals surface area contributed by atoms with Crippen LogP contribution in [0.3, 0.4) is 0 Å². The average Bonchev–Trinajstić information content (AvgIpc) is 3.27. The standard InChI is InChI=1S/C28H32NO5P/c1-32-35(31,33-2)21-25(30)27-26(19-18-22-12-6-3-7-13-22)34-29(20-23-14-8-4-9-15-23)28(27)24-16-10-5-11-17-24/h3-17,26-28H,18-21H2,1-2H3/t26-,27-,28+/m0/s1. The molecule has 1 aliphatic rings. The summed E-state index contributed by atoms with van der Waals surface area (Å²) in [5, 5.41) is 1.91. The maximum absolute atomic E-state index is 13.7. The zero-order valence-electron chi connectivity index (χ0n) is 20.2. The van der Waals surface area contributed by atoms with Gasteiger partial charge in [0.25, 0.3) is 0 Å². The van der Waals surface area contributed by atoms with E-state index in [9.17, 15) is 9.36 Å². The van der Waals surface area contributed by atoms with E-state index in [1.165, 1.54) is 19.8 Å². The smallest absolute Gasteiger partial charge is 0.312 e. The number of carbonyl (C=O) groups excluding carboxylic acids is 1. The van der Waals surface area contributed by atoms with Crippen molar-refractivity contribution in [1.82, 2.24) is 5.06 Å². The minimum absolute atomic E-state index is 0.181. The summed E-state index contributed by atoms with van der Waals surface area (Å²) in [6.45, 7) is 0.526. The maximum atomic E-state index is 13.7. The Kier molecular flexibility index (Phi) is 8.66. The molecule has 0 aromatic heterocycles. The lowest BCUT2D eigenvalue weighted by Gasteiger charge is -2.26. The van der Waals surface area contributed by atoms with Crippen molar-refractivity contribution < 1.29 is 23.2 Å². The molecular formula is C28H32NO5P. The van der Waals surface area contributed by atoms with Crippen molar-refractivity contribution in [3.8, 4) is 0 Å². The summed E-state index contributed by atoms with van der Waals surface area (Å²) in [4.78, 5) is 20.3. The summed E-state index contributed by atoms with van der Waals surface area (Å²) < 4.78 is 23.1. The van der Waals surface area contributed by atoms with Crippen LogP contribution >= 0.6 is 7.60 Å². The van der Waals surface area contributed by atoms with Crippen molar-refractivity contribution in [3.05, 3.63) is 108 Å². The van der Waals surface area contributed by atoms with Gasteiger partial charge in [-0.2, -0.15) is 5.06 Å². The van der Waals surface area contributed by atoms with Gasteiger partial charge in [-0.25, -0.2) is 0 Å². The van der Waals surface area contributed by atoms with Crippen LogP contribution in [0.2, 0.25) is 0 Å². The summed E-state index contributed by atoms with van der Waals surface area (Å²) >= 11 is 0. The lowest BCUT2D eigenvalue weighted by atomic mass is 9.84. The second kappa shape index (κ2) is 11.9. The quantitative estimate of drug-likeness (QED) is 0.312. The molecular weight excluding hydrogens is 461 g/mol. The maximum Gasteiger partial charge on any atom is 0.337 e. The highest BCUT2D eigenvalue weighted by Crippen LogP contribution is 2.50. The number of aryl methyl sites for hydroxylation is 1. The predicted molar refractivity (Wildman–Crippen MR) is 136 cm³/mol. The Balaban J connectivity index is 1.68. The SMILES string of the molecule is COP(=O)(CC(=O)[C@H]1[C@H](CCc2ccccc2)ON(Cc2ccccc2)[C@@H]1c1ccccc1)OC. The molecule has 1 fully saturated rings. The molecule has 6 nitrogen and oxygen atoms in total. The van der Waals surface area contributed by atoms with Gasteiger partial charge in [0.1, 0.15) is 6.16 Å². The molecule has 184 valence electrons. The van der Waals surface area contributed by atoms with Crippen LogP contribution in [-0.2, 0) is 36.2 Å². The molecule has 1 aliphatic heterocycles. The van der Waals surface area contributed by atoms with Crippen LogP contribution in [0.1, 0.15) is 29.2 Å². The van der Waals surface area contributed by atoms with Crippen LogP contribution in [0.5, 0.6) is 0 Å². The van der Waals surface area contributed by atoms with Crippen LogP contribution in [0.4, 0.5) is 0 Å². The van der Waals surface area contributed by atoms with E-state index < -0.39 is 13.5 Å². The van der Waals surface area contributed by atoms with Crippen molar-refractivity contribution in [1.29, 1.82) is 0 Å². The number of carbonyl (C=O) groups is 1. The topological polar surface area (TPSA) is 65.1 Å². The van der Waals surface area contributed by atoms with Crippen molar-refractivity contribution in [2.75, 3.05) is 20.4 Å². The van der Waals surface area contributed by atoms with Crippen molar-refractivity contribution >= 4 is 13.4 Å². The Bertz CT molecular complexity index is 1120. The fourth-order valence-electron chi connectivity index (χ4n) is 4.68. The fourth-order valence-corrected chi connectivity index (χ4v) is 5.68. The molecule has 7 heteroatoms. The van der Waals surface area contributed by atoms with E-state index in [1.54, 1.807) is 0 Å². The lowest BCUT2D eigenvalue weighted by Crippen LogP contribution is -2.32. The fraction of sp³-hybridized carbons (Fsp3) is 0.321. The normalized spacial score (nSPS) is 20.7. The van der Waals surface area contributed by atoms with Crippen molar-refractivity contribution in [3.63, 3.8) is 0 Å². The predicted octanol–water partition coefficient (Wildman–Crippen LogP) is 5.85. The zero-order chi connectivity index (χ0) is 24.7. The molecule has 0 bridgehead atoms. The van der Waals surface area contributed by atoms with Gasteiger partial charge in [0.15, 0.2) is 5.78 Å². The van der Waals surface area contributed by atoms with Gasteiger partial charge in [-0.05, 0) is 29.5 Å². The molecule has 0 unspecified atom stereocenters. The van der Waals surface area contributed by atoms with E-state index in [4.69, 9.17) is 13.9 Å². The van der Waals surface area contributed by atoms with Crippen LogP contribution in [0, 0.1) is 5.92 Å². The minimum atomic E-state index is -3.52. The second-order valence-electron chi connectivity index (χ2n) is 8.71. The summed E-state index contributed by atoms with van der Waals surface area (Å²) in [6.07, 6.45) is 0.749. The van der Waals surface area contributed by atoms with Gasteiger partial charge < -0.3 is 9.05 Å². The van der Waals surface area contributed by atoms with Gasteiger partial charge in [-0.1, -0.05) is 91.0 Å². The Hall–Kier alpha value is -2.60. The van der Waals surface area contributed by atoms with Gasteiger partial charge in [0.2, 0.25) is 0 Å². The molecule has 0 N–H and O–H groups in total. The van der Waals surface area contributed by atoms with Crippen LogP contribution < -0.4 is 0 Å². The Morgan fingerprint density at radius 3 is 1.97 bits per heavy atom. The van der Waals surface area contributed by atoms with Crippen LogP contribution in [0.25, 0.3) is 0 Å². The molecule has 0 aliphatic carbocycles. The number of ketones is 1. The average molecular weight is 494 g/mol. The number of rotatable bonds is 11. The Labute approximate surface area is 207 Å². The highest BCUT2D eigenvalue weighted by Gasteiger charge is 2.49. The molecule has 1 saturated heterocycles. The molecule has 0 radical (unpaired) electrons. The van der Waals surface area contributed by atoms with Gasteiger partial charge in [-0.3, -0.25) is 14.2 Å². The molecule has 3 atom stereocenters. The molecule has 1 heterocycles. The largest absolute Gasteiger partial charge is 0.337 e. The molecule has 35 heavy (non-hydrogen) atoms. The molecule has 3 aromatic carbocycles. The highest BCUT2D eigenvalue weighted by molar-refractivity contribution is 7.54. The zero-order valence-corrected chi connectivity index (χ0v) is 21.1. The number of hydroxylamine groups is 2. The number of hydrogen-bond donors (Lipinski definition) is 0. The van der Waals surface area contributed by atoms with Gasteiger partial charge in [-0.15, -0.1) is 0 Å². The van der Waals surface area contributed by atoms with Gasteiger partial charge in [0, 0.05) is 20.8 Å². The number of benzene rings is 3. The van der Waals surface area contributed by atoms with Crippen LogP contribution in [-0.4, -0.2) is 37.3 Å². The highest BCUT2D eigenvalue weighted by atomic mass is 31.2. The van der Waals surface area contributed by atoms with Crippen molar-refractivity contribution in [2.45, 2.75) is 31.5 Å². The van der Waals surface area contributed by atoms with Gasteiger partial charge >= 0.3 is 7.60 Å². The summed E-state index contributed by atoms with van der Waals surface area (Å²) in [5.41, 5.74) is 3.25. The van der Waals surface area contributed by atoms with E-state index >= 15 is 0 Å². The van der Waals surface area contributed by atoms with E-state index in [0.717, 1.165) is 17.5 Å². The van der Waals surface area contributed by atoms with E-state index in [2.05, 4.69) is 12.1 Å². The minimum Gasteiger partial charge on any atom is -0.312 e. The monoisotopic (exact) mass is 493 g/mol. The third-order valence-corrected chi connectivity index (χ3v) is 8.29. The van der Waals surface area contributed by atoms with E-state index in [-0.39, 0.29) is 24.1 Å². The van der Waals surface area contributed by atoms with Crippen LogP contribution in [0.15, 0.2) is 91.0 Å². The Morgan fingerprint density at radius 2 is 1.40 bits per heavy atom. The van der Waals surface area contributed by atoms with E-state index in [0.29, 0.717) is 13.0 Å². The molecule has 0 saturated carbocycles. The summed E-state index contributed by atoms with van der Waals surface area (Å²) in [5.74, 6) is -0.706. The molecule has 4 rings (SSSR count). The molecule has 0 spiro atoms. The molecule has 3 aromatic rings. The summed E-state index contributed by atoms with van der Waals surface area (Å²) in [7, 11) is -0.898. The first-order valence-electron chi connectivity index (χ1n) is 11.8. The third-order valence-electron chi connectivity index (χ3n) is 6.48. The first kappa shape index (κ1) is 25.5. The summed E-state index contributed by atoms with van der Waals surface area (Å²) in [6, 6.07) is 29.8.